The van der Waals surface area contributed by atoms with E-state index in [1.807, 2.05) is 6.92 Å². The highest BCUT2D eigenvalue weighted by Crippen LogP contribution is 2.36. The Kier molecular flexibility index (Phi) is 8.49. The Morgan fingerprint density at radius 1 is 1.15 bits per heavy atom. The minimum absolute atomic E-state index is 0.000981. The average Bonchev–Trinajstić information content (AvgIpc) is 3.40. The van der Waals surface area contributed by atoms with E-state index in [1.165, 1.54) is 18.6 Å². The highest BCUT2D eigenvalue weighted by molar-refractivity contribution is 5.83. The van der Waals surface area contributed by atoms with Crippen LogP contribution in [-0.4, -0.2) is 63.4 Å². The molecule has 0 unspecified atom stereocenters. The molecular weight excluding hydrogens is 505 g/mol. The summed E-state index contributed by atoms with van der Waals surface area (Å²) in [6.45, 7) is 2.47. The van der Waals surface area contributed by atoms with Crippen LogP contribution in [0.2, 0.25) is 0 Å². The molecule has 3 aromatic rings. The van der Waals surface area contributed by atoms with Crippen LogP contribution in [0.3, 0.4) is 0 Å². The zero-order valence-electron chi connectivity index (χ0n) is 22.0. The number of carbonyl (C=O) groups is 1. The number of benzene rings is 1. The highest BCUT2D eigenvalue weighted by atomic mass is 19.1. The van der Waals surface area contributed by atoms with Gasteiger partial charge in [-0.25, -0.2) is 14.4 Å². The fourth-order valence-corrected chi connectivity index (χ4v) is 4.79. The number of hydrogen-bond donors (Lipinski definition) is 3. The van der Waals surface area contributed by atoms with Crippen LogP contribution in [0, 0.1) is 11.2 Å². The zero-order valence-corrected chi connectivity index (χ0v) is 22.0. The van der Waals surface area contributed by atoms with E-state index in [2.05, 4.69) is 20.3 Å². The molecule has 1 aromatic carbocycles. The summed E-state index contributed by atoms with van der Waals surface area (Å²) in [6.07, 6.45) is 6.69. The number of carbonyl (C=O) groups excluding carboxylic acids is 1. The Morgan fingerprint density at radius 3 is 2.62 bits per heavy atom. The lowest BCUT2D eigenvalue weighted by Crippen LogP contribution is -2.51. The number of nitrogens with zero attached hydrogens (tertiary/aromatic N) is 3. The van der Waals surface area contributed by atoms with Gasteiger partial charge in [0.15, 0.2) is 5.82 Å². The predicted molar refractivity (Wildman–Crippen MR) is 140 cm³/mol. The maximum Gasteiger partial charge on any atom is 0.316 e. The van der Waals surface area contributed by atoms with Crippen molar-refractivity contribution in [3.63, 3.8) is 0 Å². The van der Waals surface area contributed by atoms with Crippen LogP contribution >= 0.6 is 0 Å². The molecule has 0 atom stereocenters. The Balaban J connectivity index is 1.36. The summed E-state index contributed by atoms with van der Waals surface area (Å²) in [7, 11) is 0. The topological polar surface area (TPSA) is 131 Å². The van der Waals surface area contributed by atoms with Crippen LogP contribution in [0.15, 0.2) is 36.5 Å². The second-order valence-corrected chi connectivity index (χ2v) is 10.3. The van der Waals surface area contributed by atoms with Crippen LogP contribution in [-0.2, 0) is 14.3 Å². The standard InChI is InChI=1S/C28H34FN5O5/c1-28(26(36)31-20-6-3-2-4-7-20)16-38-25(39-17-28)24-33-22(18-8-10-19(29)11-9-18)23(34-24)21-12-13-30-27(32-21)37-15-5-14-35/h8-13,20,25,35H,2-7,14-17H2,1H3,(H,31,36)(H,33,34). The molecule has 11 heteroatoms. The fraction of sp³-hybridized carbons (Fsp3) is 0.500. The lowest BCUT2D eigenvalue weighted by Gasteiger charge is -2.37. The molecule has 3 heterocycles. The quantitative estimate of drug-likeness (QED) is 0.349. The van der Waals surface area contributed by atoms with Crippen LogP contribution in [0.25, 0.3) is 22.6 Å². The Bertz CT molecular complexity index is 1250. The van der Waals surface area contributed by atoms with Gasteiger partial charge in [0.25, 0.3) is 0 Å². The molecule has 2 fully saturated rings. The molecular formula is C28H34FN5O5. The Hall–Kier alpha value is -3.41. The lowest BCUT2D eigenvalue weighted by molar-refractivity contribution is -0.231. The van der Waals surface area contributed by atoms with Crippen molar-refractivity contribution in [2.45, 2.75) is 57.8 Å². The van der Waals surface area contributed by atoms with E-state index in [0.29, 0.717) is 34.9 Å². The van der Waals surface area contributed by atoms with Crippen molar-refractivity contribution in [3.8, 4) is 28.7 Å². The highest BCUT2D eigenvalue weighted by Gasteiger charge is 2.41. The first-order valence-corrected chi connectivity index (χ1v) is 13.4. The van der Waals surface area contributed by atoms with Gasteiger partial charge in [-0.3, -0.25) is 4.79 Å². The first-order valence-electron chi connectivity index (χ1n) is 13.4. The van der Waals surface area contributed by atoms with Crippen molar-refractivity contribution in [1.82, 2.24) is 25.3 Å². The van der Waals surface area contributed by atoms with Gasteiger partial charge in [0.1, 0.15) is 5.82 Å². The van der Waals surface area contributed by atoms with Crippen molar-refractivity contribution in [2.75, 3.05) is 26.4 Å². The van der Waals surface area contributed by atoms with E-state index in [9.17, 15) is 9.18 Å². The van der Waals surface area contributed by atoms with E-state index in [0.717, 1.165) is 25.7 Å². The monoisotopic (exact) mass is 539 g/mol. The molecule has 0 radical (unpaired) electrons. The maximum absolute atomic E-state index is 13.7. The lowest BCUT2D eigenvalue weighted by atomic mass is 9.89. The molecule has 5 rings (SSSR count). The van der Waals surface area contributed by atoms with Crippen molar-refractivity contribution in [1.29, 1.82) is 0 Å². The summed E-state index contributed by atoms with van der Waals surface area (Å²) in [6, 6.07) is 8.06. The van der Waals surface area contributed by atoms with Gasteiger partial charge in [-0.15, -0.1) is 0 Å². The largest absolute Gasteiger partial charge is 0.463 e. The van der Waals surface area contributed by atoms with Gasteiger partial charge < -0.3 is 29.6 Å². The van der Waals surface area contributed by atoms with Crippen molar-refractivity contribution < 1.29 is 28.5 Å². The second-order valence-electron chi connectivity index (χ2n) is 10.3. The summed E-state index contributed by atoms with van der Waals surface area (Å²) in [5, 5.41) is 12.2. The van der Waals surface area contributed by atoms with Crippen LogP contribution in [0.1, 0.15) is 57.6 Å². The van der Waals surface area contributed by atoms with E-state index >= 15 is 0 Å². The third kappa shape index (κ3) is 6.43. The summed E-state index contributed by atoms with van der Waals surface area (Å²) in [4.78, 5) is 29.7. The SMILES string of the molecule is CC1(C(=O)NC2CCCCC2)COC(c2nc(-c3ccc(F)cc3)c(-c3ccnc(OCCCO)n3)[nH]2)OC1. The molecule has 208 valence electrons. The molecule has 0 bridgehead atoms. The number of H-pyrrole nitrogens is 1. The molecule has 3 N–H and O–H groups in total. The van der Waals surface area contributed by atoms with E-state index in [1.54, 1.807) is 24.4 Å². The molecule has 1 aliphatic carbocycles. The summed E-state index contributed by atoms with van der Waals surface area (Å²) in [5.41, 5.74) is 1.45. The number of aromatic amines is 1. The second kappa shape index (κ2) is 12.2. The number of rotatable bonds is 9. The number of aromatic nitrogens is 4. The van der Waals surface area contributed by atoms with Gasteiger partial charge >= 0.3 is 6.01 Å². The van der Waals surface area contributed by atoms with E-state index in [-0.39, 0.29) is 50.2 Å². The fourth-order valence-electron chi connectivity index (χ4n) is 4.79. The summed E-state index contributed by atoms with van der Waals surface area (Å²) in [5.74, 6) is -0.0162. The van der Waals surface area contributed by atoms with Gasteiger partial charge in [-0.1, -0.05) is 19.3 Å². The molecule has 2 aliphatic rings. The van der Waals surface area contributed by atoms with Gasteiger partial charge in [0.2, 0.25) is 12.2 Å². The number of imidazole rings is 1. The first-order chi connectivity index (χ1) is 18.9. The zero-order chi connectivity index (χ0) is 27.2. The molecule has 39 heavy (non-hydrogen) atoms. The predicted octanol–water partition coefficient (Wildman–Crippen LogP) is 3.93. The summed E-state index contributed by atoms with van der Waals surface area (Å²) < 4.78 is 31.2. The van der Waals surface area contributed by atoms with Gasteiger partial charge in [0.05, 0.1) is 42.3 Å². The number of halogens is 1. The van der Waals surface area contributed by atoms with Crippen LogP contribution in [0.5, 0.6) is 6.01 Å². The Labute approximate surface area is 226 Å². The van der Waals surface area contributed by atoms with E-state index in [4.69, 9.17) is 24.3 Å². The van der Waals surface area contributed by atoms with Gasteiger partial charge in [-0.05, 0) is 50.1 Å². The van der Waals surface area contributed by atoms with Crippen LogP contribution in [0.4, 0.5) is 4.39 Å². The van der Waals surface area contributed by atoms with Gasteiger partial charge in [-0.2, -0.15) is 4.98 Å². The van der Waals surface area contributed by atoms with Gasteiger partial charge in [0, 0.05) is 30.8 Å². The smallest absolute Gasteiger partial charge is 0.316 e. The molecule has 1 saturated heterocycles. The third-order valence-corrected chi connectivity index (χ3v) is 7.08. The third-order valence-electron chi connectivity index (χ3n) is 7.08. The van der Waals surface area contributed by atoms with Crippen molar-refractivity contribution in [3.05, 3.63) is 48.2 Å². The molecule has 2 aromatic heterocycles. The number of aliphatic hydroxyl groups is 1. The minimum Gasteiger partial charge on any atom is -0.463 e. The maximum atomic E-state index is 13.7. The number of amides is 1. The van der Waals surface area contributed by atoms with Crippen LogP contribution < -0.4 is 10.1 Å². The number of nitrogens with one attached hydrogen (secondary N) is 2. The van der Waals surface area contributed by atoms with E-state index < -0.39 is 11.7 Å². The molecule has 1 aliphatic heterocycles. The summed E-state index contributed by atoms with van der Waals surface area (Å²) >= 11 is 0. The molecule has 1 amide bonds. The normalized spacial score (nSPS) is 22.0. The molecule has 1 saturated carbocycles. The average molecular weight is 540 g/mol. The van der Waals surface area contributed by atoms with Crippen molar-refractivity contribution >= 4 is 5.91 Å². The first kappa shape index (κ1) is 27.2. The van der Waals surface area contributed by atoms with Crippen molar-refractivity contribution in [2.24, 2.45) is 5.41 Å². The number of aliphatic hydroxyl groups excluding tert-OH is 1. The molecule has 10 nitrogen and oxygen atoms in total. The number of hydrogen-bond acceptors (Lipinski definition) is 8. The number of ether oxygens (including phenoxy) is 3. The molecule has 0 spiro atoms. The Morgan fingerprint density at radius 2 is 1.90 bits per heavy atom. The minimum atomic E-state index is -0.824.